The number of phenolic OH excluding ortho intramolecular Hbond substituents is 1. The van der Waals surface area contributed by atoms with Gasteiger partial charge in [-0.1, -0.05) is 18.2 Å². The Bertz CT molecular complexity index is 515. The average molecular weight is 213 g/mol. The van der Waals surface area contributed by atoms with E-state index < -0.39 is 0 Å². The molecule has 0 radical (unpaired) electrons. The Morgan fingerprint density at radius 2 is 1.50 bits per heavy atom. The molecule has 2 nitrogen and oxygen atoms in total. The van der Waals surface area contributed by atoms with Crippen molar-refractivity contribution in [3.8, 4) is 16.9 Å². The topological polar surface area (TPSA) is 46.2 Å². The Labute approximate surface area is 95.4 Å². The molecule has 0 fully saturated rings. The quantitative estimate of drug-likeness (QED) is 0.714. The van der Waals surface area contributed by atoms with E-state index in [0.29, 0.717) is 0 Å². The van der Waals surface area contributed by atoms with Crippen molar-refractivity contribution in [2.24, 2.45) is 0 Å². The van der Waals surface area contributed by atoms with Crippen LogP contribution in [0.2, 0.25) is 0 Å². The van der Waals surface area contributed by atoms with Crippen LogP contribution in [-0.2, 0) is 0 Å². The predicted octanol–water partition coefficient (Wildman–Crippen LogP) is 3.26. The van der Waals surface area contributed by atoms with Crippen molar-refractivity contribution >= 4 is 5.69 Å². The normalized spacial score (nSPS) is 10.4. The van der Waals surface area contributed by atoms with Gasteiger partial charge in [0.1, 0.15) is 5.75 Å². The number of aromatic hydroxyl groups is 1. The van der Waals surface area contributed by atoms with E-state index >= 15 is 0 Å². The standard InChI is InChI=1S/C14H15NO/c1-9-10(2)14(15)8-7-13(9)11-3-5-12(16)6-4-11/h3-8,16H,15H2,1-2H3. The van der Waals surface area contributed by atoms with Gasteiger partial charge in [-0.2, -0.15) is 0 Å². The van der Waals surface area contributed by atoms with Gasteiger partial charge in [0, 0.05) is 5.69 Å². The van der Waals surface area contributed by atoms with Crippen molar-refractivity contribution in [3.05, 3.63) is 47.5 Å². The van der Waals surface area contributed by atoms with E-state index in [2.05, 4.69) is 6.92 Å². The molecule has 0 amide bonds. The van der Waals surface area contributed by atoms with Gasteiger partial charge in [0.05, 0.1) is 0 Å². The first kappa shape index (κ1) is 10.6. The van der Waals surface area contributed by atoms with Crippen molar-refractivity contribution in [3.63, 3.8) is 0 Å². The summed E-state index contributed by atoms with van der Waals surface area (Å²) in [6.45, 7) is 4.09. The molecule has 0 bridgehead atoms. The Kier molecular flexibility index (Phi) is 2.57. The second kappa shape index (κ2) is 3.89. The summed E-state index contributed by atoms with van der Waals surface area (Å²) in [6.07, 6.45) is 0. The first-order valence-corrected chi connectivity index (χ1v) is 5.24. The molecule has 2 aromatic rings. The third-order valence-electron chi connectivity index (χ3n) is 3.01. The van der Waals surface area contributed by atoms with Gasteiger partial charge in [-0.05, 0) is 54.3 Å². The molecule has 16 heavy (non-hydrogen) atoms. The van der Waals surface area contributed by atoms with E-state index in [9.17, 15) is 5.11 Å². The molecule has 0 aliphatic heterocycles. The van der Waals surface area contributed by atoms with Gasteiger partial charge in [0.15, 0.2) is 0 Å². The van der Waals surface area contributed by atoms with Crippen molar-refractivity contribution < 1.29 is 5.11 Å². The second-order valence-electron chi connectivity index (χ2n) is 4.00. The highest BCUT2D eigenvalue weighted by atomic mass is 16.3. The van der Waals surface area contributed by atoms with Crippen LogP contribution in [0.5, 0.6) is 5.75 Å². The van der Waals surface area contributed by atoms with E-state index in [-0.39, 0.29) is 5.75 Å². The van der Waals surface area contributed by atoms with Gasteiger partial charge in [0.25, 0.3) is 0 Å². The molecule has 2 rings (SSSR count). The minimum Gasteiger partial charge on any atom is -0.508 e. The number of hydrogen-bond donors (Lipinski definition) is 2. The Balaban J connectivity index is 2.57. The molecule has 3 N–H and O–H groups in total. The fourth-order valence-electron chi connectivity index (χ4n) is 1.80. The zero-order valence-electron chi connectivity index (χ0n) is 9.49. The van der Waals surface area contributed by atoms with Gasteiger partial charge >= 0.3 is 0 Å². The summed E-state index contributed by atoms with van der Waals surface area (Å²) in [5.41, 5.74) is 11.2. The highest BCUT2D eigenvalue weighted by Gasteiger charge is 2.06. The number of rotatable bonds is 1. The van der Waals surface area contributed by atoms with Crippen LogP contribution < -0.4 is 5.73 Å². The second-order valence-corrected chi connectivity index (χ2v) is 4.00. The van der Waals surface area contributed by atoms with Crippen LogP contribution in [0, 0.1) is 13.8 Å². The number of phenols is 1. The zero-order chi connectivity index (χ0) is 11.7. The minimum atomic E-state index is 0.286. The summed E-state index contributed by atoms with van der Waals surface area (Å²) in [6, 6.07) is 11.1. The molecule has 0 unspecified atom stereocenters. The van der Waals surface area contributed by atoms with Gasteiger partial charge in [-0.15, -0.1) is 0 Å². The number of benzene rings is 2. The van der Waals surface area contributed by atoms with Crippen molar-refractivity contribution in [2.45, 2.75) is 13.8 Å². The molecular weight excluding hydrogens is 198 g/mol. The SMILES string of the molecule is Cc1c(N)ccc(-c2ccc(O)cc2)c1C. The van der Waals surface area contributed by atoms with Gasteiger partial charge in [-0.3, -0.25) is 0 Å². The van der Waals surface area contributed by atoms with E-state index in [1.165, 1.54) is 5.56 Å². The molecule has 2 aromatic carbocycles. The van der Waals surface area contributed by atoms with Crippen LogP contribution in [-0.4, -0.2) is 5.11 Å². The van der Waals surface area contributed by atoms with E-state index in [0.717, 1.165) is 22.4 Å². The molecule has 0 heterocycles. The molecule has 0 aromatic heterocycles. The Morgan fingerprint density at radius 1 is 0.875 bits per heavy atom. The molecule has 2 heteroatoms. The smallest absolute Gasteiger partial charge is 0.115 e. The molecule has 0 saturated heterocycles. The lowest BCUT2D eigenvalue weighted by Crippen LogP contribution is -1.94. The molecule has 0 aliphatic carbocycles. The summed E-state index contributed by atoms with van der Waals surface area (Å²) < 4.78 is 0. The summed E-state index contributed by atoms with van der Waals surface area (Å²) in [5, 5.41) is 9.25. The monoisotopic (exact) mass is 213 g/mol. The molecule has 0 aliphatic rings. The molecule has 0 atom stereocenters. The van der Waals surface area contributed by atoms with E-state index in [1.54, 1.807) is 12.1 Å². The summed E-state index contributed by atoms with van der Waals surface area (Å²) in [7, 11) is 0. The molecule has 82 valence electrons. The zero-order valence-corrected chi connectivity index (χ0v) is 9.49. The summed E-state index contributed by atoms with van der Waals surface area (Å²) >= 11 is 0. The van der Waals surface area contributed by atoms with E-state index in [1.807, 2.05) is 31.2 Å². The highest BCUT2D eigenvalue weighted by Crippen LogP contribution is 2.29. The van der Waals surface area contributed by atoms with Gasteiger partial charge in [0.2, 0.25) is 0 Å². The minimum absolute atomic E-state index is 0.286. The van der Waals surface area contributed by atoms with Crippen molar-refractivity contribution in [1.29, 1.82) is 0 Å². The van der Waals surface area contributed by atoms with E-state index in [4.69, 9.17) is 5.73 Å². The van der Waals surface area contributed by atoms with Crippen LogP contribution in [0.3, 0.4) is 0 Å². The maximum Gasteiger partial charge on any atom is 0.115 e. The van der Waals surface area contributed by atoms with Crippen molar-refractivity contribution in [1.82, 2.24) is 0 Å². The molecule has 0 spiro atoms. The van der Waals surface area contributed by atoms with Gasteiger partial charge < -0.3 is 10.8 Å². The van der Waals surface area contributed by atoms with Crippen LogP contribution in [0.15, 0.2) is 36.4 Å². The lowest BCUT2D eigenvalue weighted by molar-refractivity contribution is 0.475. The Morgan fingerprint density at radius 3 is 2.12 bits per heavy atom. The lowest BCUT2D eigenvalue weighted by atomic mass is 9.96. The maximum atomic E-state index is 9.25. The predicted molar refractivity (Wildman–Crippen MR) is 67.4 cm³/mol. The Hall–Kier alpha value is -1.96. The number of nitrogen functional groups attached to an aromatic ring is 1. The highest BCUT2D eigenvalue weighted by molar-refractivity contribution is 5.72. The number of hydrogen-bond acceptors (Lipinski definition) is 2. The third-order valence-corrected chi connectivity index (χ3v) is 3.01. The fraction of sp³-hybridized carbons (Fsp3) is 0.143. The average Bonchev–Trinajstić information content (AvgIpc) is 2.28. The number of anilines is 1. The first-order chi connectivity index (χ1) is 7.59. The van der Waals surface area contributed by atoms with Crippen LogP contribution in [0.4, 0.5) is 5.69 Å². The summed E-state index contributed by atoms with van der Waals surface area (Å²) in [5.74, 6) is 0.286. The maximum absolute atomic E-state index is 9.25. The largest absolute Gasteiger partial charge is 0.508 e. The van der Waals surface area contributed by atoms with Crippen molar-refractivity contribution in [2.75, 3.05) is 5.73 Å². The third kappa shape index (κ3) is 1.74. The molecular formula is C14H15NO. The lowest BCUT2D eigenvalue weighted by Gasteiger charge is -2.11. The van der Waals surface area contributed by atoms with Crippen LogP contribution >= 0.6 is 0 Å². The number of nitrogens with two attached hydrogens (primary N) is 1. The first-order valence-electron chi connectivity index (χ1n) is 5.24. The molecule has 0 saturated carbocycles. The van der Waals surface area contributed by atoms with Gasteiger partial charge in [-0.25, -0.2) is 0 Å². The van der Waals surface area contributed by atoms with Crippen LogP contribution in [0.1, 0.15) is 11.1 Å². The van der Waals surface area contributed by atoms with Crippen LogP contribution in [0.25, 0.3) is 11.1 Å². The fourth-order valence-corrected chi connectivity index (χ4v) is 1.80. The summed E-state index contributed by atoms with van der Waals surface area (Å²) in [4.78, 5) is 0.